The summed E-state index contributed by atoms with van der Waals surface area (Å²) in [6.45, 7) is 0. The van der Waals surface area contributed by atoms with Gasteiger partial charge in [-0.1, -0.05) is 12.8 Å². The van der Waals surface area contributed by atoms with Crippen molar-refractivity contribution in [3.05, 3.63) is 36.2 Å². The second-order valence-corrected chi connectivity index (χ2v) is 5.81. The van der Waals surface area contributed by atoms with Crippen LogP contribution in [0.25, 0.3) is 0 Å². The summed E-state index contributed by atoms with van der Waals surface area (Å²) >= 11 is 0. The number of nitrogens with zero attached hydrogens (tertiary/aromatic N) is 2. The lowest BCUT2D eigenvalue weighted by atomic mass is 10.2. The SMILES string of the molecule is Nc1c(Nc2ccc(C(F)(F)F)cc2)ncnc1NC1CCCC1. The highest BCUT2D eigenvalue weighted by molar-refractivity contribution is 5.77. The molecule has 1 heterocycles. The molecular weight excluding hydrogens is 319 g/mol. The molecule has 1 aliphatic rings. The number of nitrogen functional groups attached to an aromatic ring is 1. The van der Waals surface area contributed by atoms with Gasteiger partial charge in [-0.3, -0.25) is 0 Å². The number of aromatic nitrogens is 2. The van der Waals surface area contributed by atoms with Crippen molar-refractivity contribution in [3.63, 3.8) is 0 Å². The van der Waals surface area contributed by atoms with Crippen LogP contribution in [0.4, 0.5) is 36.2 Å². The first-order valence-electron chi connectivity index (χ1n) is 7.75. The highest BCUT2D eigenvalue weighted by Crippen LogP contribution is 2.32. The molecule has 1 aliphatic carbocycles. The lowest BCUT2D eigenvalue weighted by Gasteiger charge is -2.16. The first kappa shape index (κ1) is 16.4. The van der Waals surface area contributed by atoms with Gasteiger partial charge in [-0.05, 0) is 37.1 Å². The van der Waals surface area contributed by atoms with Gasteiger partial charge in [0.05, 0.1) is 5.56 Å². The van der Waals surface area contributed by atoms with E-state index >= 15 is 0 Å². The average molecular weight is 337 g/mol. The van der Waals surface area contributed by atoms with Crippen LogP contribution < -0.4 is 16.4 Å². The summed E-state index contributed by atoms with van der Waals surface area (Å²) in [5.74, 6) is 0.913. The zero-order chi connectivity index (χ0) is 17.2. The van der Waals surface area contributed by atoms with E-state index in [1.165, 1.54) is 31.3 Å². The normalized spacial score (nSPS) is 15.5. The molecule has 1 saturated carbocycles. The van der Waals surface area contributed by atoms with E-state index in [9.17, 15) is 13.2 Å². The van der Waals surface area contributed by atoms with Gasteiger partial charge in [0.1, 0.15) is 12.0 Å². The Balaban J connectivity index is 1.75. The van der Waals surface area contributed by atoms with Crippen LogP contribution in [-0.2, 0) is 6.18 Å². The van der Waals surface area contributed by atoms with E-state index < -0.39 is 11.7 Å². The van der Waals surface area contributed by atoms with Gasteiger partial charge in [0.2, 0.25) is 0 Å². The van der Waals surface area contributed by atoms with E-state index in [1.54, 1.807) is 0 Å². The molecule has 5 nitrogen and oxygen atoms in total. The number of anilines is 4. The number of hydrogen-bond donors (Lipinski definition) is 3. The molecule has 0 atom stereocenters. The molecule has 1 fully saturated rings. The Kier molecular flexibility index (Phi) is 4.46. The minimum absolute atomic E-state index is 0.348. The van der Waals surface area contributed by atoms with E-state index in [2.05, 4.69) is 20.6 Å². The maximum atomic E-state index is 12.6. The Morgan fingerprint density at radius 1 is 1.00 bits per heavy atom. The predicted octanol–water partition coefficient (Wildman–Crippen LogP) is 4.18. The molecule has 1 aromatic heterocycles. The molecule has 0 amide bonds. The van der Waals surface area contributed by atoms with E-state index in [4.69, 9.17) is 5.73 Å². The Labute approximate surface area is 137 Å². The maximum absolute atomic E-state index is 12.6. The van der Waals surface area contributed by atoms with Crippen LogP contribution in [0.15, 0.2) is 30.6 Å². The Morgan fingerprint density at radius 3 is 2.25 bits per heavy atom. The van der Waals surface area contributed by atoms with Crippen LogP contribution in [0.2, 0.25) is 0 Å². The van der Waals surface area contributed by atoms with Crippen molar-refractivity contribution in [3.8, 4) is 0 Å². The van der Waals surface area contributed by atoms with E-state index in [-0.39, 0.29) is 0 Å². The number of nitrogens with two attached hydrogens (primary N) is 1. The largest absolute Gasteiger partial charge is 0.416 e. The summed E-state index contributed by atoms with van der Waals surface area (Å²) < 4.78 is 37.8. The third-order valence-corrected chi connectivity index (χ3v) is 4.05. The third kappa shape index (κ3) is 3.69. The topological polar surface area (TPSA) is 75.9 Å². The zero-order valence-corrected chi connectivity index (χ0v) is 12.9. The standard InChI is InChI=1S/C16H18F3N5/c17-16(18,19)10-5-7-12(8-6-10)24-15-13(20)14(21-9-22-15)23-11-3-1-2-4-11/h5-9,11H,1-4,20H2,(H2,21,22,23,24). The fourth-order valence-electron chi connectivity index (χ4n) is 2.75. The highest BCUT2D eigenvalue weighted by atomic mass is 19.4. The summed E-state index contributed by atoms with van der Waals surface area (Å²) in [7, 11) is 0. The van der Waals surface area contributed by atoms with Crippen molar-refractivity contribution < 1.29 is 13.2 Å². The Bertz CT molecular complexity index is 694. The predicted molar refractivity (Wildman–Crippen MR) is 87.0 cm³/mol. The van der Waals surface area contributed by atoms with Gasteiger partial charge >= 0.3 is 6.18 Å². The van der Waals surface area contributed by atoms with Crippen molar-refractivity contribution >= 4 is 23.0 Å². The molecule has 2 aromatic rings. The Hall–Kier alpha value is -2.51. The monoisotopic (exact) mass is 337 g/mol. The minimum Gasteiger partial charge on any atom is -0.393 e. The van der Waals surface area contributed by atoms with Gasteiger partial charge in [0.25, 0.3) is 0 Å². The molecule has 0 unspecified atom stereocenters. The summed E-state index contributed by atoms with van der Waals surface area (Å²) in [4.78, 5) is 8.22. The van der Waals surface area contributed by atoms with Crippen molar-refractivity contribution in [1.29, 1.82) is 0 Å². The lowest BCUT2D eigenvalue weighted by Crippen LogP contribution is -2.17. The Morgan fingerprint density at radius 2 is 1.62 bits per heavy atom. The number of benzene rings is 1. The molecule has 8 heteroatoms. The first-order valence-corrected chi connectivity index (χ1v) is 7.75. The van der Waals surface area contributed by atoms with Crippen LogP contribution in [0, 0.1) is 0 Å². The number of alkyl halides is 3. The van der Waals surface area contributed by atoms with Crippen LogP contribution in [0.5, 0.6) is 0 Å². The summed E-state index contributed by atoms with van der Waals surface area (Å²) in [5, 5.41) is 6.23. The molecule has 0 aliphatic heterocycles. The molecule has 0 saturated heterocycles. The molecule has 0 bridgehead atoms. The van der Waals surface area contributed by atoms with Crippen LogP contribution in [0.3, 0.4) is 0 Å². The summed E-state index contributed by atoms with van der Waals surface area (Å²) in [6.07, 6.45) is 1.53. The molecule has 4 N–H and O–H groups in total. The molecule has 0 spiro atoms. The number of rotatable bonds is 4. The van der Waals surface area contributed by atoms with Gasteiger partial charge in [-0.15, -0.1) is 0 Å². The fraction of sp³-hybridized carbons (Fsp3) is 0.375. The van der Waals surface area contributed by atoms with E-state index in [1.807, 2.05) is 0 Å². The minimum atomic E-state index is -4.36. The smallest absolute Gasteiger partial charge is 0.393 e. The lowest BCUT2D eigenvalue weighted by molar-refractivity contribution is -0.137. The molecule has 1 aromatic carbocycles. The summed E-state index contributed by atoms with van der Waals surface area (Å²) in [6, 6.07) is 5.05. The van der Waals surface area contributed by atoms with Gasteiger partial charge in [0, 0.05) is 11.7 Å². The first-order chi connectivity index (χ1) is 11.4. The van der Waals surface area contributed by atoms with E-state index in [0.717, 1.165) is 25.0 Å². The zero-order valence-electron chi connectivity index (χ0n) is 12.9. The van der Waals surface area contributed by atoms with Crippen LogP contribution >= 0.6 is 0 Å². The molecular formula is C16H18F3N5. The van der Waals surface area contributed by atoms with Gasteiger partial charge in [0.15, 0.2) is 11.6 Å². The fourth-order valence-corrected chi connectivity index (χ4v) is 2.75. The third-order valence-electron chi connectivity index (χ3n) is 4.05. The van der Waals surface area contributed by atoms with Crippen molar-refractivity contribution in [2.24, 2.45) is 0 Å². The van der Waals surface area contributed by atoms with Crippen LogP contribution in [0.1, 0.15) is 31.2 Å². The van der Waals surface area contributed by atoms with Crippen molar-refractivity contribution in [1.82, 2.24) is 9.97 Å². The second kappa shape index (κ2) is 6.54. The molecule has 0 radical (unpaired) electrons. The van der Waals surface area contributed by atoms with Crippen molar-refractivity contribution in [2.45, 2.75) is 37.9 Å². The van der Waals surface area contributed by atoms with Crippen LogP contribution in [-0.4, -0.2) is 16.0 Å². The average Bonchev–Trinajstić information content (AvgIpc) is 3.04. The molecule has 128 valence electrons. The number of halogens is 3. The van der Waals surface area contributed by atoms with Gasteiger partial charge < -0.3 is 16.4 Å². The van der Waals surface area contributed by atoms with E-state index in [0.29, 0.717) is 29.1 Å². The second-order valence-electron chi connectivity index (χ2n) is 5.81. The highest BCUT2D eigenvalue weighted by Gasteiger charge is 2.30. The van der Waals surface area contributed by atoms with Gasteiger partial charge in [-0.25, -0.2) is 9.97 Å². The quantitative estimate of drug-likeness (QED) is 0.780. The molecule has 24 heavy (non-hydrogen) atoms. The van der Waals surface area contributed by atoms with Crippen molar-refractivity contribution in [2.75, 3.05) is 16.4 Å². The maximum Gasteiger partial charge on any atom is 0.416 e. The number of nitrogens with one attached hydrogen (secondary N) is 2. The summed E-state index contributed by atoms with van der Waals surface area (Å²) in [5.41, 5.74) is 6.20. The molecule has 3 rings (SSSR count). The number of hydrogen-bond acceptors (Lipinski definition) is 5. The van der Waals surface area contributed by atoms with Gasteiger partial charge in [-0.2, -0.15) is 13.2 Å².